The third-order valence-corrected chi connectivity index (χ3v) is 3.11. The Labute approximate surface area is 120 Å². The molecule has 116 valence electrons. The smallest absolute Gasteiger partial charge is 0.326 e. The van der Waals surface area contributed by atoms with Crippen LogP contribution < -0.4 is 10.6 Å². The maximum absolute atomic E-state index is 11.6. The highest BCUT2D eigenvalue weighted by molar-refractivity contribution is 5.82. The van der Waals surface area contributed by atoms with Gasteiger partial charge in [0.2, 0.25) is 0 Å². The number of nitrogens with one attached hydrogen (secondary N) is 2. The van der Waals surface area contributed by atoms with Crippen LogP contribution in [0.2, 0.25) is 0 Å². The van der Waals surface area contributed by atoms with Crippen molar-refractivity contribution < 1.29 is 19.4 Å². The Hall–Kier alpha value is -1.30. The van der Waals surface area contributed by atoms with E-state index in [4.69, 9.17) is 9.84 Å². The second-order valence-electron chi connectivity index (χ2n) is 5.79. The predicted octanol–water partition coefficient (Wildman–Crippen LogP) is 1.60. The third kappa shape index (κ3) is 7.99. The number of carbonyl (C=O) groups excluding carboxylic acids is 1. The highest BCUT2D eigenvalue weighted by Gasteiger charge is 2.21. The fraction of sp³-hybridized carbons (Fsp3) is 0.857. The van der Waals surface area contributed by atoms with Gasteiger partial charge in [0, 0.05) is 19.8 Å². The lowest BCUT2D eigenvalue weighted by Crippen LogP contribution is -2.46. The van der Waals surface area contributed by atoms with Gasteiger partial charge in [-0.2, -0.15) is 0 Å². The zero-order valence-corrected chi connectivity index (χ0v) is 12.4. The average molecular weight is 286 g/mol. The summed E-state index contributed by atoms with van der Waals surface area (Å²) in [5, 5.41) is 14.1. The minimum Gasteiger partial charge on any atom is -0.480 e. The van der Waals surface area contributed by atoms with Gasteiger partial charge >= 0.3 is 12.0 Å². The van der Waals surface area contributed by atoms with Gasteiger partial charge in [-0.15, -0.1) is 0 Å². The van der Waals surface area contributed by atoms with E-state index in [-0.39, 0.29) is 5.92 Å². The largest absolute Gasteiger partial charge is 0.480 e. The fourth-order valence-corrected chi connectivity index (χ4v) is 1.81. The molecule has 0 bridgehead atoms. The van der Waals surface area contributed by atoms with Gasteiger partial charge in [0.1, 0.15) is 6.04 Å². The number of hydrogen-bond donors (Lipinski definition) is 3. The molecule has 0 aliphatic heterocycles. The molecule has 6 nitrogen and oxygen atoms in total. The van der Waals surface area contributed by atoms with E-state index in [1.54, 1.807) is 0 Å². The van der Waals surface area contributed by atoms with E-state index in [0.29, 0.717) is 19.6 Å². The van der Waals surface area contributed by atoms with E-state index >= 15 is 0 Å². The van der Waals surface area contributed by atoms with Gasteiger partial charge in [-0.25, -0.2) is 9.59 Å². The van der Waals surface area contributed by atoms with Gasteiger partial charge in [0.25, 0.3) is 0 Å². The topological polar surface area (TPSA) is 87.7 Å². The first-order valence-corrected chi connectivity index (χ1v) is 7.34. The van der Waals surface area contributed by atoms with Crippen LogP contribution in [0.5, 0.6) is 0 Å². The Morgan fingerprint density at radius 3 is 2.60 bits per heavy atom. The number of carboxylic acids is 1. The lowest BCUT2D eigenvalue weighted by molar-refractivity contribution is -0.139. The van der Waals surface area contributed by atoms with Crippen LogP contribution in [0, 0.1) is 11.8 Å². The maximum atomic E-state index is 11.6. The molecule has 0 spiro atoms. The zero-order chi connectivity index (χ0) is 15.0. The Morgan fingerprint density at radius 2 is 2.05 bits per heavy atom. The van der Waals surface area contributed by atoms with E-state index in [0.717, 1.165) is 18.9 Å². The summed E-state index contributed by atoms with van der Waals surface area (Å²) in [7, 11) is 0. The quantitative estimate of drug-likeness (QED) is 0.532. The molecule has 1 atom stereocenters. The van der Waals surface area contributed by atoms with E-state index < -0.39 is 18.0 Å². The Bertz CT molecular complexity index is 316. The van der Waals surface area contributed by atoms with E-state index in [1.165, 1.54) is 12.8 Å². The number of hydrogen-bond acceptors (Lipinski definition) is 3. The first kappa shape index (κ1) is 16.8. The fourth-order valence-electron chi connectivity index (χ4n) is 1.81. The van der Waals surface area contributed by atoms with Crippen LogP contribution in [-0.2, 0) is 9.53 Å². The molecule has 0 aromatic carbocycles. The molecular formula is C14H26N2O4. The SMILES string of the molecule is CC(C)C[C@@H](NC(=O)NCCCOCC1CC1)C(=O)O. The highest BCUT2D eigenvalue weighted by Crippen LogP contribution is 2.28. The molecule has 1 aliphatic carbocycles. The molecule has 1 saturated carbocycles. The van der Waals surface area contributed by atoms with Crippen LogP contribution in [0.1, 0.15) is 39.5 Å². The number of urea groups is 1. The van der Waals surface area contributed by atoms with Gasteiger partial charge in [0.05, 0.1) is 0 Å². The van der Waals surface area contributed by atoms with E-state index in [9.17, 15) is 9.59 Å². The number of amides is 2. The lowest BCUT2D eigenvalue weighted by Gasteiger charge is -2.16. The van der Waals surface area contributed by atoms with Crippen LogP contribution >= 0.6 is 0 Å². The van der Waals surface area contributed by atoms with Crippen LogP contribution in [0.3, 0.4) is 0 Å². The molecule has 0 radical (unpaired) electrons. The molecule has 1 aliphatic rings. The number of carbonyl (C=O) groups is 2. The van der Waals surface area contributed by atoms with E-state index in [1.807, 2.05) is 13.8 Å². The second kappa shape index (κ2) is 8.79. The first-order valence-electron chi connectivity index (χ1n) is 7.34. The van der Waals surface area contributed by atoms with Crippen molar-refractivity contribution in [3.8, 4) is 0 Å². The minimum atomic E-state index is -0.999. The van der Waals surface area contributed by atoms with Crippen molar-refractivity contribution in [1.82, 2.24) is 10.6 Å². The number of carboxylic acid groups (broad SMARTS) is 1. The summed E-state index contributed by atoms with van der Waals surface area (Å²) >= 11 is 0. The predicted molar refractivity (Wildman–Crippen MR) is 75.6 cm³/mol. The van der Waals surface area contributed by atoms with Crippen molar-refractivity contribution >= 4 is 12.0 Å². The van der Waals surface area contributed by atoms with Crippen LogP contribution in [-0.4, -0.2) is 42.9 Å². The van der Waals surface area contributed by atoms with Gasteiger partial charge in [-0.1, -0.05) is 13.8 Å². The van der Waals surface area contributed by atoms with Crippen molar-refractivity contribution in [2.45, 2.75) is 45.6 Å². The van der Waals surface area contributed by atoms with Crippen LogP contribution in [0.15, 0.2) is 0 Å². The summed E-state index contributed by atoms with van der Waals surface area (Å²) in [6.07, 6.45) is 3.70. The number of rotatable bonds is 10. The summed E-state index contributed by atoms with van der Waals surface area (Å²) in [5.74, 6) is -0.0348. The first-order chi connectivity index (χ1) is 9.49. The standard InChI is InChI=1S/C14H26N2O4/c1-10(2)8-12(13(17)18)16-14(19)15-6-3-7-20-9-11-4-5-11/h10-12H,3-9H2,1-2H3,(H,17,18)(H2,15,16,19)/t12-/m1/s1. The molecule has 3 N–H and O–H groups in total. The van der Waals surface area contributed by atoms with Crippen molar-refractivity contribution in [2.75, 3.05) is 19.8 Å². The minimum absolute atomic E-state index is 0.215. The number of aliphatic carboxylic acids is 1. The summed E-state index contributed by atoms with van der Waals surface area (Å²) in [4.78, 5) is 22.6. The molecule has 2 amide bonds. The maximum Gasteiger partial charge on any atom is 0.326 e. The molecule has 6 heteroatoms. The van der Waals surface area contributed by atoms with E-state index in [2.05, 4.69) is 10.6 Å². The van der Waals surface area contributed by atoms with Gasteiger partial charge in [-0.05, 0) is 37.5 Å². The lowest BCUT2D eigenvalue weighted by atomic mass is 10.0. The summed E-state index contributed by atoms with van der Waals surface area (Å²) in [6.45, 7) is 5.79. The molecule has 1 rings (SSSR count). The molecule has 1 fully saturated rings. The second-order valence-corrected chi connectivity index (χ2v) is 5.79. The Balaban J connectivity index is 2.05. The van der Waals surface area contributed by atoms with Gasteiger partial charge in [-0.3, -0.25) is 0 Å². The molecule has 0 aromatic heterocycles. The molecule has 0 heterocycles. The summed E-state index contributed by atoms with van der Waals surface area (Å²) in [5.41, 5.74) is 0. The van der Waals surface area contributed by atoms with Crippen molar-refractivity contribution in [1.29, 1.82) is 0 Å². The van der Waals surface area contributed by atoms with Crippen molar-refractivity contribution in [3.05, 3.63) is 0 Å². The molecule has 0 saturated heterocycles. The molecule has 20 heavy (non-hydrogen) atoms. The molecule has 0 unspecified atom stereocenters. The summed E-state index contributed by atoms with van der Waals surface area (Å²) < 4.78 is 5.45. The zero-order valence-electron chi connectivity index (χ0n) is 12.4. The highest BCUT2D eigenvalue weighted by atomic mass is 16.5. The molecular weight excluding hydrogens is 260 g/mol. The Morgan fingerprint density at radius 1 is 1.35 bits per heavy atom. The van der Waals surface area contributed by atoms with Gasteiger partial charge in [0.15, 0.2) is 0 Å². The van der Waals surface area contributed by atoms with Crippen LogP contribution in [0.4, 0.5) is 4.79 Å². The van der Waals surface area contributed by atoms with Crippen molar-refractivity contribution in [3.63, 3.8) is 0 Å². The average Bonchev–Trinajstić information content (AvgIpc) is 3.16. The molecule has 0 aromatic rings. The normalized spacial score (nSPS) is 15.9. The summed E-state index contributed by atoms with van der Waals surface area (Å²) in [6, 6.07) is -1.26. The monoisotopic (exact) mass is 286 g/mol. The van der Waals surface area contributed by atoms with Crippen molar-refractivity contribution in [2.24, 2.45) is 11.8 Å². The Kier molecular flexibility index (Phi) is 7.36. The third-order valence-electron chi connectivity index (χ3n) is 3.11. The number of ether oxygens (including phenoxy) is 1. The van der Waals surface area contributed by atoms with Crippen LogP contribution in [0.25, 0.3) is 0 Å². The van der Waals surface area contributed by atoms with Gasteiger partial charge < -0.3 is 20.5 Å².